The second kappa shape index (κ2) is 6.83. The van der Waals surface area contributed by atoms with E-state index in [1.807, 2.05) is 37.8 Å². The Balaban J connectivity index is 1.89. The second-order valence-electron chi connectivity index (χ2n) is 6.18. The van der Waals surface area contributed by atoms with E-state index in [0.29, 0.717) is 13.0 Å². The molecule has 0 saturated carbocycles. The maximum absolute atomic E-state index is 12.1. The van der Waals surface area contributed by atoms with Gasteiger partial charge in [0.2, 0.25) is 5.91 Å². The quantitative estimate of drug-likeness (QED) is 0.846. The van der Waals surface area contributed by atoms with Gasteiger partial charge in [-0.3, -0.25) is 9.69 Å². The fourth-order valence-electron chi connectivity index (χ4n) is 2.56. The van der Waals surface area contributed by atoms with Gasteiger partial charge in [0.05, 0.1) is 24.6 Å². The highest BCUT2D eigenvalue weighted by Crippen LogP contribution is 2.13. The molecule has 1 aliphatic rings. The van der Waals surface area contributed by atoms with Crippen LogP contribution in [-0.2, 0) is 21.2 Å². The fraction of sp³-hybridized carbons (Fsp3) is 0.667. The van der Waals surface area contributed by atoms with Gasteiger partial charge in [0.1, 0.15) is 11.5 Å². The zero-order valence-corrected chi connectivity index (χ0v) is 14.1. The van der Waals surface area contributed by atoms with Crippen LogP contribution in [0.4, 0.5) is 0 Å². The third-order valence-corrected chi connectivity index (χ3v) is 5.60. The molecular formula is C15H24N2O4S. The highest BCUT2D eigenvalue weighted by molar-refractivity contribution is 7.91. The molecule has 1 unspecified atom stereocenters. The average Bonchev–Trinajstić information content (AvgIpc) is 2.94. The van der Waals surface area contributed by atoms with E-state index in [-0.39, 0.29) is 36.0 Å². The number of amides is 1. The number of sulfone groups is 1. The molecule has 1 aromatic heterocycles. The van der Waals surface area contributed by atoms with Crippen LogP contribution in [0.1, 0.15) is 31.8 Å². The van der Waals surface area contributed by atoms with Gasteiger partial charge in [-0.2, -0.15) is 0 Å². The van der Waals surface area contributed by atoms with Gasteiger partial charge in [-0.05, 0) is 39.3 Å². The first-order valence-electron chi connectivity index (χ1n) is 7.54. The number of carbonyl (C=O) groups is 1. The first-order chi connectivity index (χ1) is 10.2. The molecule has 0 aliphatic carbocycles. The maximum Gasteiger partial charge on any atom is 0.234 e. The normalized spacial score (nSPS) is 20.7. The van der Waals surface area contributed by atoms with Gasteiger partial charge >= 0.3 is 0 Å². The van der Waals surface area contributed by atoms with E-state index in [2.05, 4.69) is 5.32 Å². The van der Waals surface area contributed by atoms with Crippen LogP contribution in [0.15, 0.2) is 16.5 Å². The van der Waals surface area contributed by atoms with E-state index in [1.165, 1.54) is 0 Å². The molecule has 2 rings (SSSR count). The highest BCUT2D eigenvalue weighted by atomic mass is 32.2. The molecule has 1 amide bonds. The van der Waals surface area contributed by atoms with Crippen LogP contribution in [0, 0.1) is 6.92 Å². The Hall–Kier alpha value is -1.34. The Morgan fingerprint density at radius 2 is 2.18 bits per heavy atom. The minimum Gasteiger partial charge on any atom is -0.465 e. The van der Waals surface area contributed by atoms with Gasteiger partial charge in [-0.1, -0.05) is 0 Å². The van der Waals surface area contributed by atoms with E-state index in [0.717, 1.165) is 11.5 Å². The summed E-state index contributed by atoms with van der Waals surface area (Å²) in [5.41, 5.74) is 0. The Morgan fingerprint density at radius 3 is 2.68 bits per heavy atom. The van der Waals surface area contributed by atoms with E-state index in [9.17, 15) is 13.2 Å². The number of hydrogen-bond acceptors (Lipinski definition) is 5. The van der Waals surface area contributed by atoms with Crippen molar-refractivity contribution in [2.24, 2.45) is 0 Å². The molecular weight excluding hydrogens is 304 g/mol. The molecule has 1 aliphatic heterocycles. The van der Waals surface area contributed by atoms with Crippen molar-refractivity contribution in [2.75, 3.05) is 18.1 Å². The van der Waals surface area contributed by atoms with Crippen molar-refractivity contribution >= 4 is 15.7 Å². The zero-order chi connectivity index (χ0) is 16.3. The first-order valence-corrected chi connectivity index (χ1v) is 9.36. The molecule has 1 saturated heterocycles. The van der Waals surface area contributed by atoms with Crippen LogP contribution in [0.2, 0.25) is 0 Å². The van der Waals surface area contributed by atoms with Crippen LogP contribution in [0.5, 0.6) is 0 Å². The van der Waals surface area contributed by atoms with Crippen LogP contribution >= 0.6 is 0 Å². The zero-order valence-electron chi connectivity index (χ0n) is 13.3. The predicted octanol–water partition coefficient (Wildman–Crippen LogP) is 1.10. The SMILES string of the molecule is Cc1ccc(CN(CC(=O)NC2CCS(=O)(=O)C2)C(C)C)o1. The predicted molar refractivity (Wildman–Crippen MR) is 84.2 cm³/mol. The third-order valence-electron chi connectivity index (χ3n) is 3.83. The molecule has 0 aromatic carbocycles. The smallest absolute Gasteiger partial charge is 0.234 e. The Morgan fingerprint density at radius 1 is 1.45 bits per heavy atom. The van der Waals surface area contributed by atoms with Crippen molar-refractivity contribution in [1.29, 1.82) is 0 Å². The van der Waals surface area contributed by atoms with E-state index in [4.69, 9.17) is 4.42 Å². The van der Waals surface area contributed by atoms with E-state index in [1.54, 1.807) is 0 Å². The Kier molecular flexibility index (Phi) is 5.28. The molecule has 1 atom stereocenters. The van der Waals surface area contributed by atoms with Crippen molar-refractivity contribution in [3.05, 3.63) is 23.7 Å². The van der Waals surface area contributed by atoms with Gasteiger partial charge in [0.25, 0.3) is 0 Å². The summed E-state index contributed by atoms with van der Waals surface area (Å²) in [4.78, 5) is 14.1. The lowest BCUT2D eigenvalue weighted by molar-refractivity contribution is -0.123. The molecule has 22 heavy (non-hydrogen) atoms. The van der Waals surface area contributed by atoms with Crippen molar-refractivity contribution in [2.45, 2.75) is 45.8 Å². The number of nitrogens with zero attached hydrogens (tertiary/aromatic N) is 1. The van der Waals surface area contributed by atoms with Crippen LogP contribution in [0.3, 0.4) is 0 Å². The summed E-state index contributed by atoms with van der Waals surface area (Å²) in [6, 6.07) is 3.74. The lowest BCUT2D eigenvalue weighted by atomic mass is 10.2. The van der Waals surface area contributed by atoms with E-state index < -0.39 is 9.84 Å². The first kappa shape index (κ1) is 17.0. The summed E-state index contributed by atoms with van der Waals surface area (Å²) >= 11 is 0. The highest BCUT2D eigenvalue weighted by Gasteiger charge is 2.29. The molecule has 7 heteroatoms. The van der Waals surface area contributed by atoms with Crippen molar-refractivity contribution in [3.8, 4) is 0 Å². The Labute approximate surface area is 131 Å². The molecule has 0 spiro atoms. The number of aryl methyl sites for hydroxylation is 1. The van der Waals surface area contributed by atoms with Crippen molar-refractivity contribution < 1.29 is 17.6 Å². The standard InChI is InChI=1S/C15H24N2O4S/c1-11(2)17(8-14-5-4-12(3)21-14)9-15(18)16-13-6-7-22(19,20)10-13/h4-5,11,13H,6-10H2,1-3H3,(H,16,18). The minimum atomic E-state index is -2.98. The second-order valence-corrected chi connectivity index (χ2v) is 8.41. The Bertz CT molecular complexity index is 621. The van der Waals surface area contributed by atoms with Crippen molar-refractivity contribution in [1.82, 2.24) is 10.2 Å². The van der Waals surface area contributed by atoms with Crippen LogP contribution in [-0.4, -0.2) is 49.4 Å². The summed E-state index contributed by atoms with van der Waals surface area (Å²) in [5, 5.41) is 2.82. The largest absolute Gasteiger partial charge is 0.465 e. The molecule has 1 fully saturated rings. The topological polar surface area (TPSA) is 79.6 Å². The number of furan rings is 1. The summed E-state index contributed by atoms with van der Waals surface area (Å²) in [6.07, 6.45) is 0.507. The van der Waals surface area contributed by atoms with Gasteiger partial charge in [-0.25, -0.2) is 8.42 Å². The van der Waals surface area contributed by atoms with Gasteiger partial charge in [0.15, 0.2) is 9.84 Å². The molecule has 0 bridgehead atoms. The summed E-state index contributed by atoms with van der Waals surface area (Å²) in [7, 11) is -2.98. The molecule has 124 valence electrons. The minimum absolute atomic E-state index is 0.0534. The number of hydrogen-bond donors (Lipinski definition) is 1. The van der Waals surface area contributed by atoms with Gasteiger partial charge < -0.3 is 9.73 Å². The average molecular weight is 328 g/mol. The monoisotopic (exact) mass is 328 g/mol. The van der Waals surface area contributed by atoms with E-state index >= 15 is 0 Å². The number of rotatable bonds is 6. The lowest BCUT2D eigenvalue weighted by Crippen LogP contribution is -2.44. The third kappa shape index (κ3) is 4.84. The molecule has 0 radical (unpaired) electrons. The number of nitrogens with one attached hydrogen (secondary N) is 1. The van der Waals surface area contributed by atoms with Crippen molar-refractivity contribution in [3.63, 3.8) is 0 Å². The summed E-state index contributed by atoms with van der Waals surface area (Å²) < 4.78 is 28.4. The van der Waals surface area contributed by atoms with Gasteiger partial charge in [0, 0.05) is 12.1 Å². The summed E-state index contributed by atoms with van der Waals surface area (Å²) in [6.45, 7) is 6.71. The van der Waals surface area contributed by atoms with Crippen LogP contribution < -0.4 is 5.32 Å². The fourth-order valence-corrected chi connectivity index (χ4v) is 4.23. The molecule has 2 heterocycles. The maximum atomic E-state index is 12.1. The number of carbonyl (C=O) groups excluding carboxylic acids is 1. The molecule has 1 aromatic rings. The van der Waals surface area contributed by atoms with Crippen LogP contribution in [0.25, 0.3) is 0 Å². The molecule has 1 N–H and O–H groups in total. The lowest BCUT2D eigenvalue weighted by Gasteiger charge is -2.25. The molecule has 6 nitrogen and oxygen atoms in total. The summed E-state index contributed by atoms with van der Waals surface area (Å²) in [5.74, 6) is 1.75. The van der Waals surface area contributed by atoms with Gasteiger partial charge in [-0.15, -0.1) is 0 Å².